The fourth-order valence-corrected chi connectivity index (χ4v) is 1.85. The Morgan fingerprint density at radius 3 is 2.74 bits per heavy atom. The van der Waals surface area contributed by atoms with E-state index in [9.17, 15) is 4.79 Å². The van der Waals surface area contributed by atoms with Gasteiger partial charge in [0.15, 0.2) is 6.10 Å². The summed E-state index contributed by atoms with van der Waals surface area (Å²) >= 11 is 0. The molecule has 1 aromatic carbocycles. The first-order valence-corrected chi connectivity index (χ1v) is 6.06. The molecule has 19 heavy (non-hydrogen) atoms. The third-order valence-electron chi connectivity index (χ3n) is 2.96. The van der Waals surface area contributed by atoms with Crippen molar-refractivity contribution in [3.8, 4) is 0 Å². The van der Waals surface area contributed by atoms with E-state index in [0.717, 1.165) is 16.8 Å². The molecule has 1 atom stereocenters. The van der Waals surface area contributed by atoms with E-state index in [4.69, 9.17) is 4.74 Å². The van der Waals surface area contributed by atoms with E-state index in [1.54, 1.807) is 6.20 Å². The van der Waals surface area contributed by atoms with Crippen molar-refractivity contribution in [1.82, 2.24) is 15.5 Å². The van der Waals surface area contributed by atoms with Crippen molar-refractivity contribution in [3.05, 3.63) is 53.3 Å². The van der Waals surface area contributed by atoms with E-state index >= 15 is 0 Å². The minimum Gasteiger partial charge on any atom is -0.367 e. The van der Waals surface area contributed by atoms with E-state index < -0.39 is 6.10 Å². The first kappa shape index (κ1) is 13.3. The van der Waals surface area contributed by atoms with Gasteiger partial charge < -0.3 is 10.1 Å². The maximum atomic E-state index is 12.1. The third-order valence-corrected chi connectivity index (χ3v) is 2.96. The molecule has 0 aliphatic rings. The maximum absolute atomic E-state index is 12.1. The highest BCUT2D eigenvalue weighted by molar-refractivity contribution is 5.82. The minimum atomic E-state index is -0.589. The molecule has 0 aliphatic carbocycles. The Balaban J connectivity index is 2.00. The van der Waals surface area contributed by atoms with Crippen LogP contribution < -0.4 is 5.32 Å². The van der Waals surface area contributed by atoms with Crippen molar-refractivity contribution in [2.75, 3.05) is 7.11 Å². The van der Waals surface area contributed by atoms with Crippen LogP contribution in [0.5, 0.6) is 0 Å². The molecular formula is C14H17N3O2. The number of H-pyrrole nitrogens is 1. The number of nitrogens with one attached hydrogen (secondary N) is 2. The topological polar surface area (TPSA) is 67.0 Å². The standard InChI is InChI=1S/C14H17N3O2/c1-10-12(9-16-17-10)8-15-14(18)13(19-2)11-6-4-3-5-7-11/h3-7,9,13H,8H2,1-2H3,(H,15,18)(H,16,17). The van der Waals surface area contributed by atoms with Crippen LogP contribution >= 0.6 is 0 Å². The molecule has 0 aliphatic heterocycles. The highest BCUT2D eigenvalue weighted by Crippen LogP contribution is 2.16. The molecular weight excluding hydrogens is 242 g/mol. The summed E-state index contributed by atoms with van der Waals surface area (Å²) in [4.78, 5) is 12.1. The van der Waals surface area contributed by atoms with Crippen LogP contribution in [0.15, 0.2) is 36.5 Å². The van der Waals surface area contributed by atoms with Gasteiger partial charge in [-0.25, -0.2) is 0 Å². The Morgan fingerprint density at radius 2 is 2.16 bits per heavy atom. The zero-order valence-electron chi connectivity index (χ0n) is 11.0. The van der Waals surface area contributed by atoms with Crippen LogP contribution in [0.2, 0.25) is 0 Å². The number of carbonyl (C=O) groups is 1. The van der Waals surface area contributed by atoms with Crippen molar-refractivity contribution < 1.29 is 9.53 Å². The monoisotopic (exact) mass is 259 g/mol. The van der Waals surface area contributed by atoms with Crippen LogP contribution in [-0.4, -0.2) is 23.2 Å². The molecule has 1 amide bonds. The molecule has 1 unspecified atom stereocenters. The molecule has 0 spiro atoms. The van der Waals surface area contributed by atoms with E-state index in [-0.39, 0.29) is 5.91 Å². The normalized spacial score (nSPS) is 12.1. The molecule has 1 heterocycles. The zero-order chi connectivity index (χ0) is 13.7. The largest absolute Gasteiger partial charge is 0.367 e. The number of aromatic amines is 1. The van der Waals surface area contributed by atoms with E-state index in [1.165, 1.54) is 7.11 Å². The average Bonchev–Trinajstić information content (AvgIpc) is 2.84. The molecule has 0 fully saturated rings. The minimum absolute atomic E-state index is 0.158. The fourth-order valence-electron chi connectivity index (χ4n) is 1.85. The molecule has 5 heteroatoms. The lowest BCUT2D eigenvalue weighted by Gasteiger charge is -2.15. The number of rotatable bonds is 5. The van der Waals surface area contributed by atoms with Crippen LogP contribution in [0, 0.1) is 6.92 Å². The quantitative estimate of drug-likeness (QED) is 0.859. The summed E-state index contributed by atoms with van der Waals surface area (Å²) < 4.78 is 5.26. The number of hydrogen-bond donors (Lipinski definition) is 2. The molecule has 2 rings (SSSR count). The Bertz CT molecular complexity index is 537. The third kappa shape index (κ3) is 3.20. The molecule has 0 saturated carbocycles. The van der Waals surface area contributed by atoms with Crippen LogP contribution in [0.25, 0.3) is 0 Å². The van der Waals surface area contributed by atoms with Crippen LogP contribution in [0.4, 0.5) is 0 Å². The lowest BCUT2D eigenvalue weighted by molar-refractivity contribution is -0.131. The second-order valence-electron chi connectivity index (χ2n) is 4.26. The van der Waals surface area contributed by atoms with Crippen LogP contribution in [-0.2, 0) is 16.1 Å². The van der Waals surface area contributed by atoms with Gasteiger partial charge in [-0.2, -0.15) is 5.10 Å². The predicted octanol–water partition coefficient (Wildman–Crippen LogP) is 1.72. The van der Waals surface area contributed by atoms with Crippen molar-refractivity contribution in [2.24, 2.45) is 0 Å². The number of nitrogens with zero attached hydrogens (tertiary/aromatic N) is 1. The first-order chi connectivity index (χ1) is 9.22. The predicted molar refractivity (Wildman–Crippen MR) is 71.4 cm³/mol. The number of hydrogen-bond acceptors (Lipinski definition) is 3. The van der Waals surface area contributed by atoms with Gasteiger partial charge >= 0.3 is 0 Å². The molecule has 2 aromatic rings. The number of aryl methyl sites for hydroxylation is 1. The Labute approximate surface area is 112 Å². The lowest BCUT2D eigenvalue weighted by atomic mass is 10.1. The number of amides is 1. The van der Waals surface area contributed by atoms with Crippen molar-refractivity contribution in [1.29, 1.82) is 0 Å². The summed E-state index contributed by atoms with van der Waals surface area (Å²) in [6.45, 7) is 2.35. The van der Waals surface area contributed by atoms with Crippen molar-refractivity contribution in [3.63, 3.8) is 0 Å². The van der Waals surface area contributed by atoms with E-state index in [0.29, 0.717) is 6.54 Å². The van der Waals surface area contributed by atoms with E-state index in [1.807, 2.05) is 37.3 Å². The number of methoxy groups -OCH3 is 1. The van der Waals surface area contributed by atoms with Crippen molar-refractivity contribution in [2.45, 2.75) is 19.6 Å². The van der Waals surface area contributed by atoms with Gasteiger partial charge in [-0.15, -0.1) is 0 Å². The Hall–Kier alpha value is -2.14. The van der Waals surface area contributed by atoms with Crippen LogP contribution in [0.1, 0.15) is 22.9 Å². The number of carbonyl (C=O) groups excluding carboxylic acids is 1. The maximum Gasteiger partial charge on any atom is 0.254 e. The molecule has 100 valence electrons. The number of benzene rings is 1. The summed E-state index contributed by atoms with van der Waals surface area (Å²) in [5.74, 6) is -0.158. The van der Waals surface area contributed by atoms with Gasteiger partial charge in [0.1, 0.15) is 0 Å². The molecule has 0 saturated heterocycles. The SMILES string of the molecule is COC(C(=O)NCc1cn[nH]c1C)c1ccccc1. The van der Waals surface area contributed by atoms with Crippen LogP contribution in [0.3, 0.4) is 0 Å². The van der Waals surface area contributed by atoms with E-state index in [2.05, 4.69) is 15.5 Å². The zero-order valence-corrected chi connectivity index (χ0v) is 11.0. The molecule has 0 radical (unpaired) electrons. The van der Waals surface area contributed by atoms with Gasteiger partial charge in [0.2, 0.25) is 0 Å². The second-order valence-corrected chi connectivity index (χ2v) is 4.26. The summed E-state index contributed by atoms with van der Waals surface area (Å²) in [6, 6.07) is 9.42. The molecule has 5 nitrogen and oxygen atoms in total. The first-order valence-electron chi connectivity index (χ1n) is 6.06. The van der Waals surface area contributed by atoms with Gasteiger partial charge in [0.25, 0.3) is 5.91 Å². The highest BCUT2D eigenvalue weighted by atomic mass is 16.5. The Morgan fingerprint density at radius 1 is 1.42 bits per heavy atom. The molecule has 1 aromatic heterocycles. The van der Waals surface area contributed by atoms with Gasteiger partial charge in [-0.05, 0) is 12.5 Å². The van der Waals surface area contributed by atoms with Gasteiger partial charge in [-0.1, -0.05) is 30.3 Å². The average molecular weight is 259 g/mol. The summed E-state index contributed by atoms with van der Waals surface area (Å²) in [5, 5.41) is 9.60. The lowest BCUT2D eigenvalue weighted by Crippen LogP contribution is -2.30. The summed E-state index contributed by atoms with van der Waals surface area (Å²) in [7, 11) is 1.53. The van der Waals surface area contributed by atoms with Gasteiger partial charge in [0.05, 0.1) is 6.20 Å². The summed E-state index contributed by atoms with van der Waals surface area (Å²) in [5.41, 5.74) is 2.76. The number of aromatic nitrogens is 2. The Kier molecular flexibility index (Phi) is 4.30. The number of ether oxygens (including phenoxy) is 1. The highest BCUT2D eigenvalue weighted by Gasteiger charge is 2.19. The molecule has 2 N–H and O–H groups in total. The van der Waals surface area contributed by atoms with Gasteiger partial charge in [-0.3, -0.25) is 9.89 Å². The smallest absolute Gasteiger partial charge is 0.254 e. The second kappa shape index (κ2) is 6.15. The molecule has 0 bridgehead atoms. The summed E-state index contributed by atoms with van der Waals surface area (Å²) in [6.07, 6.45) is 1.12. The van der Waals surface area contributed by atoms with Crippen molar-refractivity contribution >= 4 is 5.91 Å². The van der Waals surface area contributed by atoms with Gasteiger partial charge in [0, 0.05) is 24.9 Å². The fraction of sp³-hybridized carbons (Fsp3) is 0.286.